The van der Waals surface area contributed by atoms with Crippen LogP contribution in [-0.4, -0.2) is 25.2 Å². The molecule has 0 bridgehead atoms. The second-order valence-corrected chi connectivity index (χ2v) is 3.23. The first kappa shape index (κ1) is 8.94. The number of fused-ring (bicyclic) bond motifs is 1. The zero-order valence-corrected chi connectivity index (χ0v) is 7.86. The van der Waals surface area contributed by atoms with Crippen molar-refractivity contribution in [3.05, 3.63) is 35.4 Å². The van der Waals surface area contributed by atoms with Gasteiger partial charge >= 0.3 is 0 Å². The van der Waals surface area contributed by atoms with Crippen molar-refractivity contribution in [3.8, 4) is 0 Å². The maximum atomic E-state index is 10.2. The van der Waals surface area contributed by atoms with Gasteiger partial charge in [-0.25, -0.2) is 0 Å². The van der Waals surface area contributed by atoms with Crippen molar-refractivity contribution in [3.63, 3.8) is 0 Å². The molecule has 1 amide bonds. The summed E-state index contributed by atoms with van der Waals surface area (Å²) in [5.41, 5.74) is 3.48. The van der Waals surface area contributed by atoms with Crippen molar-refractivity contribution < 1.29 is 4.79 Å². The number of nitrogens with zero attached hydrogens (tertiary/aromatic N) is 1. The van der Waals surface area contributed by atoms with Gasteiger partial charge in [0.15, 0.2) is 0 Å². The molecule has 1 aliphatic heterocycles. The fourth-order valence-corrected chi connectivity index (χ4v) is 1.71. The standard InChI is InChI=1S/C11H12N2O/c14-8-12-7-11-10-4-2-1-3-9(10)5-6-13-11/h1-4,8H,5-7H2,(H,12,14). The highest BCUT2D eigenvalue weighted by molar-refractivity contribution is 6.04. The van der Waals surface area contributed by atoms with Gasteiger partial charge in [0.05, 0.1) is 12.3 Å². The lowest BCUT2D eigenvalue weighted by Gasteiger charge is -2.16. The van der Waals surface area contributed by atoms with Crippen LogP contribution in [0.5, 0.6) is 0 Å². The van der Waals surface area contributed by atoms with Gasteiger partial charge in [0.1, 0.15) is 0 Å². The highest BCUT2D eigenvalue weighted by Gasteiger charge is 2.11. The number of aliphatic imine (C=N–C) groups is 1. The van der Waals surface area contributed by atoms with Crippen LogP contribution in [0.15, 0.2) is 29.3 Å². The second-order valence-electron chi connectivity index (χ2n) is 3.23. The molecular weight excluding hydrogens is 176 g/mol. The van der Waals surface area contributed by atoms with Gasteiger partial charge in [-0.1, -0.05) is 24.3 Å². The maximum Gasteiger partial charge on any atom is 0.207 e. The van der Waals surface area contributed by atoms with E-state index in [1.54, 1.807) is 0 Å². The first-order valence-electron chi connectivity index (χ1n) is 4.70. The molecule has 0 saturated heterocycles. The Hall–Kier alpha value is -1.64. The van der Waals surface area contributed by atoms with Gasteiger partial charge in [0.2, 0.25) is 6.41 Å². The Balaban J connectivity index is 2.26. The molecule has 2 rings (SSSR count). The van der Waals surface area contributed by atoms with E-state index < -0.39 is 0 Å². The zero-order chi connectivity index (χ0) is 9.80. The van der Waals surface area contributed by atoms with E-state index in [1.165, 1.54) is 11.1 Å². The molecule has 0 atom stereocenters. The average Bonchev–Trinajstić information content (AvgIpc) is 2.26. The molecule has 3 nitrogen and oxygen atoms in total. The molecule has 1 aromatic rings. The molecule has 14 heavy (non-hydrogen) atoms. The van der Waals surface area contributed by atoms with Crippen molar-refractivity contribution in [1.29, 1.82) is 0 Å². The van der Waals surface area contributed by atoms with Crippen molar-refractivity contribution in [2.24, 2.45) is 4.99 Å². The minimum atomic E-state index is 0.528. The normalized spacial score (nSPS) is 14.1. The van der Waals surface area contributed by atoms with Crippen LogP contribution in [0.3, 0.4) is 0 Å². The lowest BCUT2D eigenvalue weighted by molar-refractivity contribution is -0.109. The van der Waals surface area contributed by atoms with Crippen LogP contribution in [-0.2, 0) is 11.2 Å². The summed E-state index contributed by atoms with van der Waals surface area (Å²) in [6.45, 7) is 1.35. The molecule has 0 aliphatic carbocycles. The number of carbonyl (C=O) groups excluding carboxylic acids is 1. The summed E-state index contributed by atoms with van der Waals surface area (Å²) in [6.07, 6.45) is 1.71. The molecule has 0 aromatic heterocycles. The van der Waals surface area contributed by atoms with Gasteiger partial charge in [-0.05, 0) is 12.0 Å². The van der Waals surface area contributed by atoms with Crippen LogP contribution < -0.4 is 5.32 Å². The van der Waals surface area contributed by atoms with Gasteiger partial charge in [0, 0.05) is 12.1 Å². The van der Waals surface area contributed by atoms with Crippen molar-refractivity contribution >= 4 is 12.1 Å². The largest absolute Gasteiger partial charge is 0.353 e. The molecule has 0 saturated carbocycles. The van der Waals surface area contributed by atoms with Crippen LogP contribution in [0.25, 0.3) is 0 Å². The Bertz CT molecular complexity index is 371. The van der Waals surface area contributed by atoms with E-state index in [2.05, 4.69) is 22.4 Å². The van der Waals surface area contributed by atoms with Crippen LogP contribution in [0, 0.1) is 0 Å². The third kappa shape index (κ3) is 1.66. The summed E-state index contributed by atoms with van der Waals surface area (Å²) in [6, 6.07) is 8.21. The molecule has 0 spiro atoms. The maximum absolute atomic E-state index is 10.2. The second kappa shape index (κ2) is 4.05. The number of hydrogen-bond donors (Lipinski definition) is 1. The van der Waals surface area contributed by atoms with E-state index >= 15 is 0 Å². The molecule has 3 heteroatoms. The Kier molecular flexibility index (Phi) is 2.58. The molecule has 72 valence electrons. The fourth-order valence-electron chi connectivity index (χ4n) is 1.71. The molecule has 1 N–H and O–H groups in total. The molecule has 1 aromatic carbocycles. The number of benzene rings is 1. The van der Waals surface area contributed by atoms with E-state index in [-0.39, 0.29) is 0 Å². The molecular formula is C11H12N2O. The number of carbonyl (C=O) groups is 1. The number of nitrogens with one attached hydrogen (secondary N) is 1. The highest BCUT2D eigenvalue weighted by atomic mass is 16.1. The summed E-state index contributed by atoms with van der Waals surface area (Å²) in [7, 11) is 0. The number of amides is 1. The van der Waals surface area contributed by atoms with Crippen LogP contribution in [0.2, 0.25) is 0 Å². The minimum Gasteiger partial charge on any atom is -0.353 e. The lowest BCUT2D eigenvalue weighted by Crippen LogP contribution is -2.25. The van der Waals surface area contributed by atoms with Gasteiger partial charge in [0.25, 0.3) is 0 Å². The fraction of sp³-hybridized carbons (Fsp3) is 0.273. The van der Waals surface area contributed by atoms with E-state index in [4.69, 9.17) is 0 Å². The summed E-state index contributed by atoms with van der Waals surface area (Å²) in [5.74, 6) is 0. The van der Waals surface area contributed by atoms with Crippen molar-refractivity contribution in [1.82, 2.24) is 5.32 Å². The minimum absolute atomic E-state index is 0.528. The molecule has 0 radical (unpaired) electrons. The number of rotatable bonds is 3. The predicted octanol–water partition coefficient (Wildman–Crippen LogP) is 0.778. The summed E-state index contributed by atoms with van der Waals surface area (Å²) < 4.78 is 0. The lowest BCUT2D eigenvalue weighted by atomic mass is 9.98. The van der Waals surface area contributed by atoms with Crippen LogP contribution in [0.4, 0.5) is 0 Å². The van der Waals surface area contributed by atoms with Gasteiger partial charge in [-0.2, -0.15) is 0 Å². The Morgan fingerprint density at radius 3 is 3.14 bits per heavy atom. The summed E-state index contributed by atoms with van der Waals surface area (Å²) >= 11 is 0. The van der Waals surface area contributed by atoms with Gasteiger partial charge in [-0.15, -0.1) is 0 Å². The van der Waals surface area contributed by atoms with Gasteiger partial charge in [-0.3, -0.25) is 9.79 Å². The van der Waals surface area contributed by atoms with Crippen molar-refractivity contribution in [2.45, 2.75) is 6.42 Å². The Labute approximate surface area is 82.9 Å². The van der Waals surface area contributed by atoms with Gasteiger partial charge < -0.3 is 5.32 Å². The van der Waals surface area contributed by atoms with E-state index in [1.807, 2.05) is 12.1 Å². The quantitative estimate of drug-likeness (QED) is 0.700. The van der Waals surface area contributed by atoms with Crippen LogP contribution >= 0.6 is 0 Å². The predicted molar refractivity (Wildman–Crippen MR) is 55.6 cm³/mol. The summed E-state index contributed by atoms with van der Waals surface area (Å²) in [4.78, 5) is 14.6. The molecule has 1 heterocycles. The summed E-state index contributed by atoms with van der Waals surface area (Å²) in [5, 5.41) is 2.65. The Morgan fingerprint density at radius 1 is 1.43 bits per heavy atom. The number of hydrogen-bond acceptors (Lipinski definition) is 2. The smallest absolute Gasteiger partial charge is 0.207 e. The zero-order valence-electron chi connectivity index (χ0n) is 7.86. The van der Waals surface area contributed by atoms with E-state index in [0.717, 1.165) is 18.7 Å². The third-order valence-electron chi connectivity index (χ3n) is 2.36. The van der Waals surface area contributed by atoms with Crippen LogP contribution in [0.1, 0.15) is 11.1 Å². The highest BCUT2D eigenvalue weighted by Crippen LogP contribution is 2.14. The monoisotopic (exact) mass is 188 g/mol. The first-order chi connectivity index (χ1) is 6.92. The molecule has 0 fully saturated rings. The molecule has 0 unspecified atom stereocenters. The van der Waals surface area contributed by atoms with Crippen molar-refractivity contribution in [2.75, 3.05) is 13.1 Å². The average molecular weight is 188 g/mol. The first-order valence-corrected chi connectivity index (χ1v) is 4.70. The molecule has 1 aliphatic rings. The topological polar surface area (TPSA) is 41.5 Å². The third-order valence-corrected chi connectivity index (χ3v) is 2.36. The van der Waals surface area contributed by atoms with E-state index in [9.17, 15) is 4.79 Å². The Morgan fingerprint density at radius 2 is 2.29 bits per heavy atom. The van der Waals surface area contributed by atoms with E-state index in [0.29, 0.717) is 13.0 Å². The SMILES string of the molecule is O=CNCC1=NCCc2ccccc21.